The quantitative estimate of drug-likeness (QED) is 0.294. The fraction of sp³-hybridized carbons (Fsp3) is 0.290. The Labute approximate surface area is 258 Å². The Morgan fingerprint density at radius 3 is 2.67 bits per heavy atom. The van der Waals surface area contributed by atoms with Crippen molar-refractivity contribution in [2.75, 3.05) is 24.3 Å². The minimum atomic E-state index is -0.889. The number of benzene rings is 2. The number of halogens is 4. The minimum Gasteiger partial charge on any atom is -0.453 e. The summed E-state index contributed by atoms with van der Waals surface area (Å²) in [5, 5.41) is 5.39. The van der Waals surface area contributed by atoms with E-state index >= 15 is 0 Å². The van der Waals surface area contributed by atoms with E-state index < -0.39 is 23.8 Å². The molecular weight excluding hydrogens is 601 g/mol. The van der Waals surface area contributed by atoms with Crippen molar-refractivity contribution >= 4 is 58.9 Å². The van der Waals surface area contributed by atoms with Gasteiger partial charge >= 0.3 is 6.09 Å². The van der Waals surface area contributed by atoms with Gasteiger partial charge in [0.1, 0.15) is 5.82 Å². The highest BCUT2D eigenvalue weighted by Gasteiger charge is 2.31. The van der Waals surface area contributed by atoms with E-state index in [2.05, 4.69) is 20.4 Å². The predicted molar refractivity (Wildman–Crippen MR) is 163 cm³/mol. The van der Waals surface area contributed by atoms with Crippen molar-refractivity contribution in [3.8, 4) is 11.1 Å². The molecule has 3 amide bonds. The van der Waals surface area contributed by atoms with Gasteiger partial charge in [0.15, 0.2) is 5.82 Å². The van der Waals surface area contributed by atoms with Crippen LogP contribution in [0.25, 0.3) is 16.7 Å². The maximum absolute atomic E-state index is 14.7. The average molecular weight is 632 g/mol. The fourth-order valence-electron chi connectivity index (χ4n) is 5.40. The molecule has 1 aromatic heterocycles. The molecule has 3 aromatic rings. The molecule has 0 aliphatic carbocycles. The van der Waals surface area contributed by atoms with E-state index in [-0.39, 0.29) is 59.3 Å². The van der Waals surface area contributed by atoms with Crippen molar-refractivity contribution in [2.45, 2.75) is 38.6 Å². The van der Waals surface area contributed by atoms with Gasteiger partial charge in [-0.1, -0.05) is 31.0 Å². The third-order valence-corrected chi connectivity index (χ3v) is 7.94. The third kappa shape index (κ3) is 6.81. The van der Waals surface area contributed by atoms with Gasteiger partial charge in [-0.2, -0.15) is 0 Å². The van der Waals surface area contributed by atoms with Gasteiger partial charge in [0.05, 0.1) is 35.1 Å². The van der Waals surface area contributed by atoms with E-state index in [0.29, 0.717) is 41.9 Å². The number of carbonyl (C=O) groups is 3. The highest BCUT2D eigenvalue weighted by molar-refractivity contribution is 6.31. The van der Waals surface area contributed by atoms with Gasteiger partial charge in [0, 0.05) is 36.0 Å². The van der Waals surface area contributed by atoms with Crippen LogP contribution in [0.1, 0.15) is 49.9 Å². The second-order valence-corrected chi connectivity index (χ2v) is 10.8. The number of aromatic nitrogens is 1. The molecule has 2 atom stereocenters. The normalized spacial score (nSPS) is 18.6. The molecule has 0 saturated carbocycles. The summed E-state index contributed by atoms with van der Waals surface area (Å²) >= 11 is 5.89. The Hall–Kier alpha value is -4.02. The first-order valence-corrected chi connectivity index (χ1v) is 13.9. The van der Waals surface area contributed by atoms with Gasteiger partial charge in [0.2, 0.25) is 11.8 Å². The monoisotopic (exact) mass is 630 g/mol. The summed E-state index contributed by atoms with van der Waals surface area (Å²) in [6.45, 7) is 2.06. The van der Waals surface area contributed by atoms with Crippen molar-refractivity contribution in [1.29, 1.82) is 0 Å². The van der Waals surface area contributed by atoms with Crippen LogP contribution >= 0.6 is 24.0 Å². The minimum absolute atomic E-state index is 0. The number of methoxy groups -OCH3 is 1. The van der Waals surface area contributed by atoms with Crippen LogP contribution in [-0.4, -0.2) is 41.4 Å². The van der Waals surface area contributed by atoms with Gasteiger partial charge < -0.3 is 15.0 Å². The molecule has 2 aliphatic heterocycles. The van der Waals surface area contributed by atoms with Crippen LogP contribution in [0.5, 0.6) is 0 Å². The maximum atomic E-state index is 14.7. The third-order valence-electron chi connectivity index (χ3n) is 7.65. The number of amides is 3. The molecule has 2 N–H and O–H groups in total. The van der Waals surface area contributed by atoms with Crippen molar-refractivity contribution in [3.63, 3.8) is 0 Å². The average Bonchev–Trinajstić information content (AvgIpc) is 2.97. The number of carbonyl (C=O) groups excluding carboxylic acids is 3. The Bertz CT molecular complexity index is 1600. The molecule has 12 heteroatoms. The van der Waals surface area contributed by atoms with E-state index in [9.17, 15) is 23.2 Å². The number of nitrogens with one attached hydrogen (secondary N) is 2. The molecule has 5 rings (SSSR count). The first-order chi connectivity index (χ1) is 20.2. The van der Waals surface area contributed by atoms with Crippen molar-refractivity contribution < 1.29 is 27.9 Å². The van der Waals surface area contributed by atoms with Crippen LogP contribution in [-0.2, 0) is 14.3 Å². The van der Waals surface area contributed by atoms with Gasteiger partial charge in [-0.15, -0.1) is 12.4 Å². The standard InChI is InChI=1S/C31H29ClF2N4O4.ClH/c1-17-4-3-5-26(38-13-11-19(15-27(38)39)28-23(33)9-8-22(32)29(28)34)25-14-18(10-12-35-25)21-7-6-20(36-31(41)42-2)16-24(21)37-30(17)40;/h6-10,12,14-17,26H,3-5,11,13H2,1-2H3,(H,36,41)(H,37,40);1H/t17-,26+;/m1./s1. The number of rotatable bonds is 3. The lowest BCUT2D eigenvalue weighted by Crippen LogP contribution is -2.38. The Morgan fingerprint density at radius 2 is 1.93 bits per heavy atom. The smallest absolute Gasteiger partial charge is 0.411 e. The molecule has 0 unspecified atom stereocenters. The molecule has 8 nitrogen and oxygen atoms in total. The molecule has 43 heavy (non-hydrogen) atoms. The van der Waals surface area contributed by atoms with Crippen LogP contribution in [0.15, 0.2) is 54.7 Å². The number of fused-ring (bicyclic) bond motifs is 4. The highest BCUT2D eigenvalue weighted by atomic mass is 35.5. The Kier molecular flexibility index (Phi) is 10.0. The summed E-state index contributed by atoms with van der Waals surface area (Å²) in [4.78, 5) is 44.6. The van der Waals surface area contributed by atoms with Crippen LogP contribution in [0, 0.1) is 17.6 Å². The molecule has 0 saturated heterocycles. The first kappa shape index (κ1) is 31.9. The molecule has 0 fully saturated rings. The maximum Gasteiger partial charge on any atom is 0.411 e. The van der Waals surface area contributed by atoms with Crippen molar-refractivity contribution in [2.24, 2.45) is 5.92 Å². The first-order valence-electron chi connectivity index (χ1n) is 13.6. The topological polar surface area (TPSA) is 101 Å². The molecule has 2 bridgehead atoms. The zero-order valence-corrected chi connectivity index (χ0v) is 25.0. The fourth-order valence-corrected chi connectivity index (χ4v) is 5.55. The SMILES string of the molecule is COC(=O)Nc1ccc2c(c1)NC(=O)[C@H](C)CCC[C@H](N1CCC(c3c(F)ccc(Cl)c3F)=CC1=O)c1cc-2ccn1.Cl. The van der Waals surface area contributed by atoms with E-state index in [1.807, 2.05) is 13.0 Å². The summed E-state index contributed by atoms with van der Waals surface area (Å²) in [6.07, 6.45) is 4.22. The van der Waals surface area contributed by atoms with E-state index in [4.69, 9.17) is 11.6 Å². The molecule has 3 heterocycles. The number of pyridine rings is 1. The highest BCUT2D eigenvalue weighted by Crippen LogP contribution is 2.38. The predicted octanol–water partition coefficient (Wildman–Crippen LogP) is 7.40. The Morgan fingerprint density at radius 1 is 1.14 bits per heavy atom. The number of nitrogens with zero attached hydrogens (tertiary/aromatic N) is 2. The largest absolute Gasteiger partial charge is 0.453 e. The molecule has 0 spiro atoms. The molecule has 226 valence electrons. The van der Waals surface area contributed by atoms with E-state index in [1.165, 1.54) is 13.2 Å². The van der Waals surface area contributed by atoms with E-state index in [0.717, 1.165) is 17.7 Å². The van der Waals surface area contributed by atoms with E-state index in [1.54, 1.807) is 35.4 Å². The number of ether oxygens (including phenoxy) is 1. The van der Waals surface area contributed by atoms with Gasteiger partial charge in [-0.3, -0.25) is 19.9 Å². The molecule has 2 aromatic carbocycles. The second-order valence-electron chi connectivity index (χ2n) is 10.4. The number of hydrogen-bond acceptors (Lipinski definition) is 5. The van der Waals surface area contributed by atoms with Crippen LogP contribution in [0.3, 0.4) is 0 Å². The number of anilines is 2. The zero-order valence-electron chi connectivity index (χ0n) is 23.5. The van der Waals surface area contributed by atoms with Gasteiger partial charge in [-0.05, 0) is 66.8 Å². The summed E-state index contributed by atoms with van der Waals surface area (Å²) in [5.74, 6) is -2.56. The van der Waals surface area contributed by atoms with Crippen LogP contribution in [0.2, 0.25) is 5.02 Å². The molecule has 2 aliphatic rings. The number of hydrogen-bond donors (Lipinski definition) is 2. The molecule has 0 radical (unpaired) electrons. The van der Waals surface area contributed by atoms with Gasteiger partial charge in [-0.25, -0.2) is 13.6 Å². The summed E-state index contributed by atoms with van der Waals surface area (Å²) in [5.41, 5.74) is 3.02. The summed E-state index contributed by atoms with van der Waals surface area (Å²) in [6, 6.07) is 10.6. The van der Waals surface area contributed by atoms with Crippen LogP contribution in [0.4, 0.5) is 25.0 Å². The molecular formula is C31H30Cl2F2N4O4. The summed E-state index contributed by atoms with van der Waals surface area (Å²) < 4.78 is 33.9. The lowest BCUT2D eigenvalue weighted by Gasteiger charge is -2.34. The van der Waals surface area contributed by atoms with Crippen molar-refractivity contribution in [3.05, 3.63) is 82.7 Å². The Balaban J connectivity index is 0.00000423. The lowest BCUT2D eigenvalue weighted by molar-refractivity contribution is -0.129. The summed E-state index contributed by atoms with van der Waals surface area (Å²) in [7, 11) is 1.26. The zero-order chi connectivity index (χ0) is 30.0. The van der Waals surface area contributed by atoms with Gasteiger partial charge in [0.25, 0.3) is 0 Å². The second kappa shape index (κ2) is 13.5. The van der Waals surface area contributed by atoms with Crippen molar-refractivity contribution in [1.82, 2.24) is 9.88 Å². The lowest BCUT2D eigenvalue weighted by atomic mass is 9.92. The van der Waals surface area contributed by atoms with Crippen LogP contribution < -0.4 is 10.6 Å².